The largest absolute Gasteiger partial charge is 0.317 e. The van der Waals surface area contributed by atoms with Crippen LogP contribution in [0.15, 0.2) is 21.5 Å². The number of halogens is 1. The number of nitrogens with zero attached hydrogens (tertiary/aromatic N) is 3. The SMILES string of the molecule is CC(C)N1CCN(Cc2cc3c(=O)n(C)cc(Br)c3s2)CC1. The average Bonchev–Trinajstić information content (AvgIpc) is 2.90. The molecular formula is C16H22BrN3OS. The number of pyridine rings is 1. The lowest BCUT2D eigenvalue weighted by atomic mass is 10.2. The average molecular weight is 384 g/mol. The minimum atomic E-state index is 0.0883. The summed E-state index contributed by atoms with van der Waals surface area (Å²) in [7, 11) is 1.80. The number of rotatable bonds is 3. The summed E-state index contributed by atoms with van der Waals surface area (Å²) in [6.07, 6.45) is 1.85. The summed E-state index contributed by atoms with van der Waals surface area (Å²) in [5, 5.41) is 0.831. The highest BCUT2D eigenvalue weighted by atomic mass is 79.9. The number of aromatic nitrogens is 1. The van der Waals surface area contributed by atoms with E-state index in [0.717, 1.165) is 47.3 Å². The molecule has 120 valence electrons. The predicted octanol–water partition coefficient (Wildman–Crippen LogP) is 2.89. The fourth-order valence-corrected chi connectivity index (χ4v) is 4.85. The van der Waals surface area contributed by atoms with Crippen molar-refractivity contribution in [1.82, 2.24) is 14.4 Å². The van der Waals surface area contributed by atoms with Crippen LogP contribution in [0.3, 0.4) is 0 Å². The molecule has 0 N–H and O–H groups in total. The van der Waals surface area contributed by atoms with E-state index in [1.54, 1.807) is 23.0 Å². The van der Waals surface area contributed by atoms with E-state index in [-0.39, 0.29) is 5.56 Å². The molecular weight excluding hydrogens is 362 g/mol. The molecule has 0 saturated carbocycles. The summed E-state index contributed by atoms with van der Waals surface area (Å²) in [5.41, 5.74) is 0.0883. The van der Waals surface area contributed by atoms with Crippen LogP contribution < -0.4 is 5.56 Å². The second-order valence-corrected chi connectivity index (χ2v) is 8.25. The molecule has 3 rings (SSSR count). The molecule has 0 atom stereocenters. The van der Waals surface area contributed by atoms with E-state index in [4.69, 9.17) is 0 Å². The molecule has 0 bridgehead atoms. The van der Waals surface area contributed by atoms with Gasteiger partial charge in [0.05, 0.1) is 14.6 Å². The van der Waals surface area contributed by atoms with Crippen LogP contribution in [0.4, 0.5) is 0 Å². The van der Waals surface area contributed by atoms with Crippen molar-refractivity contribution < 1.29 is 0 Å². The Balaban J connectivity index is 1.77. The van der Waals surface area contributed by atoms with Gasteiger partial charge in [0, 0.05) is 56.9 Å². The molecule has 0 unspecified atom stereocenters. The molecule has 0 aromatic carbocycles. The Morgan fingerprint density at radius 1 is 1.27 bits per heavy atom. The number of piperazine rings is 1. The molecule has 2 aromatic rings. The minimum Gasteiger partial charge on any atom is -0.317 e. The van der Waals surface area contributed by atoms with Gasteiger partial charge in [-0.25, -0.2) is 0 Å². The molecule has 0 spiro atoms. The van der Waals surface area contributed by atoms with Gasteiger partial charge in [0.2, 0.25) is 0 Å². The molecule has 1 saturated heterocycles. The molecule has 1 aliphatic rings. The van der Waals surface area contributed by atoms with Crippen molar-refractivity contribution in [3.05, 3.63) is 32.0 Å². The van der Waals surface area contributed by atoms with Gasteiger partial charge in [-0.3, -0.25) is 14.6 Å². The molecule has 4 nitrogen and oxygen atoms in total. The highest BCUT2D eigenvalue weighted by Crippen LogP contribution is 2.30. The first-order chi connectivity index (χ1) is 10.5. The quantitative estimate of drug-likeness (QED) is 0.815. The minimum absolute atomic E-state index is 0.0883. The van der Waals surface area contributed by atoms with E-state index < -0.39 is 0 Å². The maximum Gasteiger partial charge on any atom is 0.259 e. The van der Waals surface area contributed by atoms with E-state index >= 15 is 0 Å². The van der Waals surface area contributed by atoms with Crippen LogP contribution >= 0.6 is 27.3 Å². The van der Waals surface area contributed by atoms with E-state index in [2.05, 4.69) is 45.6 Å². The molecule has 6 heteroatoms. The molecule has 0 radical (unpaired) electrons. The Morgan fingerprint density at radius 2 is 1.95 bits per heavy atom. The van der Waals surface area contributed by atoms with Gasteiger partial charge in [-0.15, -0.1) is 11.3 Å². The lowest BCUT2D eigenvalue weighted by Crippen LogP contribution is -2.48. The highest BCUT2D eigenvalue weighted by molar-refractivity contribution is 9.10. The predicted molar refractivity (Wildman–Crippen MR) is 96.8 cm³/mol. The van der Waals surface area contributed by atoms with Crippen LogP contribution in [-0.2, 0) is 13.6 Å². The monoisotopic (exact) mass is 383 g/mol. The summed E-state index contributed by atoms with van der Waals surface area (Å²) >= 11 is 5.31. The van der Waals surface area contributed by atoms with Crippen LogP contribution in [0.25, 0.3) is 10.1 Å². The third-order valence-electron chi connectivity index (χ3n) is 4.37. The zero-order chi connectivity index (χ0) is 15.9. The van der Waals surface area contributed by atoms with Crippen LogP contribution in [0.2, 0.25) is 0 Å². The topological polar surface area (TPSA) is 28.5 Å². The molecule has 0 amide bonds. The van der Waals surface area contributed by atoms with Gasteiger partial charge < -0.3 is 4.57 Å². The van der Waals surface area contributed by atoms with Gasteiger partial charge >= 0.3 is 0 Å². The summed E-state index contributed by atoms with van der Waals surface area (Å²) in [4.78, 5) is 18.5. The van der Waals surface area contributed by atoms with Crippen LogP contribution in [0.5, 0.6) is 0 Å². The number of fused-ring (bicyclic) bond motifs is 1. The summed E-state index contributed by atoms with van der Waals surface area (Å²) in [6, 6.07) is 2.70. The number of hydrogen-bond donors (Lipinski definition) is 0. The van der Waals surface area contributed by atoms with Crippen LogP contribution in [-0.4, -0.2) is 46.6 Å². The Hall–Kier alpha value is -0.690. The Labute approximate surface area is 143 Å². The summed E-state index contributed by atoms with van der Waals surface area (Å²) in [6.45, 7) is 9.93. The van der Waals surface area contributed by atoms with Crippen molar-refractivity contribution in [3.63, 3.8) is 0 Å². The summed E-state index contributed by atoms with van der Waals surface area (Å²) in [5.74, 6) is 0. The third kappa shape index (κ3) is 3.15. The van der Waals surface area contributed by atoms with E-state index in [1.165, 1.54) is 4.88 Å². The smallest absolute Gasteiger partial charge is 0.259 e. The van der Waals surface area contributed by atoms with Gasteiger partial charge in [-0.2, -0.15) is 0 Å². The van der Waals surface area contributed by atoms with Gasteiger partial charge in [0.25, 0.3) is 5.56 Å². The third-order valence-corrected chi connectivity index (χ3v) is 6.39. The fourth-order valence-electron chi connectivity index (χ4n) is 2.99. The maximum absolute atomic E-state index is 12.2. The first-order valence-corrected chi connectivity index (χ1v) is 9.30. The Kier molecular flexibility index (Phi) is 4.73. The Bertz CT molecular complexity index is 729. The van der Waals surface area contributed by atoms with Crippen molar-refractivity contribution in [2.24, 2.45) is 7.05 Å². The molecule has 22 heavy (non-hydrogen) atoms. The van der Waals surface area contributed by atoms with Crippen molar-refractivity contribution >= 4 is 37.4 Å². The molecule has 1 aliphatic heterocycles. The van der Waals surface area contributed by atoms with E-state index in [0.29, 0.717) is 6.04 Å². The number of thiophene rings is 1. The second-order valence-electron chi connectivity index (χ2n) is 6.25. The first-order valence-electron chi connectivity index (χ1n) is 7.69. The van der Waals surface area contributed by atoms with Crippen LogP contribution in [0.1, 0.15) is 18.7 Å². The van der Waals surface area contributed by atoms with Crippen molar-refractivity contribution in [2.75, 3.05) is 26.2 Å². The Morgan fingerprint density at radius 3 is 2.59 bits per heavy atom. The highest BCUT2D eigenvalue weighted by Gasteiger charge is 2.20. The fraction of sp³-hybridized carbons (Fsp3) is 0.562. The first kappa shape index (κ1) is 16.2. The van der Waals surface area contributed by atoms with Crippen LogP contribution in [0, 0.1) is 0 Å². The van der Waals surface area contributed by atoms with E-state index in [9.17, 15) is 4.79 Å². The zero-order valence-corrected chi connectivity index (χ0v) is 15.7. The second kappa shape index (κ2) is 6.43. The molecule has 1 fully saturated rings. The van der Waals surface area contributed by atoms with Crippen molar-refractivity contribution in [3.8, 4) is 0 Å². The van der Waals surface area contributed by atoms with Crippen molar-refractivity contribution in [1.29, 1.82) is 0 Å². The van der Waals surface area contributed by atoms with E-state index in [1.807, 2.05) is 6.20 Å². The maximum atomic E-state index is 12.2. The van der Waals surface area contributed by atoms with Gasteiger partial charge in [0.15, 0.2) is 0 Å². The molecule has 2 aromatic heterocycles. The molecule has 0 aliphatic carbocycles. The van der Waals surface area contributed by atoms with Gasteiger partial charge in [-0.05, 0) is 35.8 Å². The standard InChI is InChI=1S/C16H22BrN3OS/c1-11(2)20-6-4-19(5-7-20)9-12-8-13-15(22-12)14(17)10-18(3)16(13)21/h8,10-11H,4-7,9H2,1-3H3. The molecule has 3 heterocycles. The van der Waals surface area contributed by atoms with Crippen molar-refractivity contribution in [2.45, 2.75) is 26.4 Å². The van der Waals surface area contributed by atoms with Gasteiger partial charge in [0.1, 0.15) is 0 Å². The van der Waals surface area contributed by atoms with Gasteiger partial charge in [-0.1, -0.05) is 0 Å². The number of aryl methyl sites for hydroxylation is 1. The zero-order valence-electron chi connectivity index (χ0n) is 13.3. The number of hydrogen-bond acceptors (Lipinski definition) is 4. The normalized spacial score (nSPS) is 17.7. The summed E-state index contributed by atoms with van der Waals surface area (Å²) < 4.78 is 3.72. The lowest BCUT2D eigenvalue weighted by Gasteiger charge is -2.36. The lowest BCUT2D eigenvalue weighted by molar-refractivity contribution is 0.105.